The second kappa shape index (κ2) is 4.48. The van der Waals surface area contributed by atoms with Gasteiger partial charge >= 0.3 is 0 Å². The molecule has 0 spiro atoms. The summed E-state index contributed by atoms with van der Waals surface area (Å²) in [6, 6.07) is 0. The van der Waals surface area contributed by atoms with E-state index in [2.05, 4.69) is 0 Å². The van der Waals surface area contributed by atoms with Gasteiger partial charge in [-0.3, -0.25) is 0 Å². The molecule has 2 unspecified atom stereocenters. The van der Waals surface area contributed by atoms with Crippen LogP contribution in [0.2, 0.25) is 0 Å². The quantitative estimate of drug-likeness (QED) is 0.552. The molecular weight excluding hydrogens is 231 g/mol. The van der Waals surface area contributed by atoms with Gasteiger partial charge in [-0.15, -0.1) is 0 Å². The summed E-state index contributed by atoms with van der Waals surface area (Å²) in [5.41, 5.74) is 0. The fraction of sp³-hybridized carbons (Fsp3) is 0.667. The maximum Gasteiger partial charge on any atom is 0.193 e. The Bertz CT molecular complexity index is 288. The van der Waals surface area contributed by atoms with Crippen LogP contribution in [0.3, 0.4) is 0 Å². The van der Waals surface area contributed by atoms with E-state index >= 15 is 0 Å². The molecule has 1 nitrogen and oxygen atoms in total. The molecular formula is C12H16Cl2O. The van der Waals surface area contributed by atoms with Crippen LogP contribution in [0.5, 0.6) is 0 Å². The fourth-order valence-electron chi connectivity index (χ4n) is 2.47. The Morgan fingerprint density at radius 2 is 1.93 bits per heavy atom. The molecule has 1 N–H and O–H groups in total. The Labute approximate surface area is 101 Å². The minimum absolute atomic E-state index is 0.349. The summed E-state index contributed by atoms with van der Waals surface area (Å²) < 4.78 is 0. The molecule has 0 heterocycles. The van der Waals surface area contributed by atoms with Crippen molar-refractivity contribution in [3.8, 4) is 0 Å². The number of halogens is 2. The average molecular weight is 247 g/mol. The van der Waals surface area contributed by atoms with Crippen LogP contribution in [0.4, 0.5) is 0 Å². The normalized spacial score (nSPS) is 37.8. The van der Waals surface area contributed by atoms with Gasteiger partial charge in [0.15, 0.2) is 5.06 Å². The molecule has 0 amide bonds. The molecule has 1 fully saturated rings. The van der Waals surface area contributed by atoms with Gasteiger partial charge in [0.25, 0.3) is 0 Å². The first kappa shape index (κ1) is 11.5. The van der Waals surface area contributed by atoms with Gasteiger partial charge in [0.05, 0.1) is 5.03 Å². The summed E-state index contributed by atoms with van der Waals surface area (Å²) in [7, 11) is 0. The first-order valence-corrected chi connectivity index (χ1v) is 6.33. The second-order valence-corrected chi connectivity index (χ2v) is 5.51. The second-order valence-electron chi connectivity index (χ2n) is 4.52. The van der Waals surface area contributed by atoms with Gasteiger partial charge in [-0.1, -0.05) is 54.6 Å². The Balaban J connectivity index is 2.06. The highest BCUT2D eigenvalue weighted by Gasteiger charge is 2.31. The number of alkyl halides is 1. The van der Waals surface area contributed by atoms with Crippen molar-refractivity contribution in [3.63, 3.8) is 0 Å². The third-order valence-electron chi connectivity index (χ3n) is 3.41. The monoisotopic (exact) mass is 246 g/mol. The van der Waals surface area contributed by atoms with Crippen LogP contribution >= 0.6 is 23.2 Å². The summed E-state index contributed by atoms with van der Waals surface area (Å²) >= 11 is 11.7. The lowest BCUT2D eigenvalue weighted by Crippen LogP contribution is -2.25. The van der Waals surface area contributed by atoms with Crippen LogP contribution in [-0.4, -0.2) is 10.2 Å². The zero-order valence-electron chi connectivity index (χ0n) is 8.63. The van der Waals surface area contributed by atoms with Crippen molar-refractivity contribution >= 4 is 23.2 Å². The molecule has 84 valence electrons. The number of hydrogen-bond donors (Lipinski definition) is 1. The highest BCUT2D eigenvalue weighted by molar-refractivity contribution is 6.39. The zero-order valence-corrected chi connectivity index (χ0v) is 10.1. The first-order chi connectivity index (χ1) is 7.09. The number of rotatable bonds is 1. The van der Waals surface area contributed by atoms with Crippen molar-refractivity contribution in [2.45, 2.75) is 37.2 Å². The standard InChI is InChI=1S/C12H16Cl2O/c13-11-8-10(6-7-12(11,14)15)9-4-2-1-3-5-9/h6-10,15H,1-5H2. The lowest BCUT2D eigenvalue weighted by Gasteiger charge is -2.30. The summed E-state index contributed by atoms with van der Waals surface area (Å²) in [4.78, 5) is 0. The highest BCUT2D eigenvalue weighted by Crippen LogP contribution is 2.39. The van der Waals surface area contributed by atoms with Gasteiger partial charge < -0.3 is 5.11 Å². The van der Waals surface area contributed by atoms with E-state index in [1.54, 1.807) is 6.08 Å². The predicted octanol–water partition coefficient (Wildman–Crippen LogP) is 3.80. The minimum Gasteiger partial charge on any atom is -0.367 e. The molecule has 2 rings (SSSR count). The Hall–Kier alpha value is 0.0200. The number of allylic oxidation sites excluding steroid dienone is 2. The molecule has 0 aromatic carbocycles. The molecule has 15 heavy (non-hydrogen) atoms. The molecule has 2 atom stereocenters. The van der Waals surface area contributed by atoms with E-state index in [1.165, 1.54) is 32.1 Å². The van der Waals surface area contributed by atoms with Gasteiger partial charge in [-0.05, 0) is 30.8 Å². The summed E-state index contributed by atoms with van der Waals surface area (Å²) in [5, 5.41) is 8.52. The van der Waals surface area contributed by atoms with Gasteiger partial charge in [0.2, 0.25) is 0 Å². The maximum absolute atomic E-state index is 9.64. The molecule has 0 radical (unpaired) electrons. The van der Waals surface area contributed by atoms with E-state index in [9.17, 15) is 5.11 Å². The summed E-state index contributed by atoms with van der Waals surface area (Å²) in [6.07, 6.45) is 12.0. The fourth-order valence-corrected chi connectivity index (χ4v) is 2.82. The highest BCUT2D eigenvalue weighted by atomic mass is 35.5. The van der Waals surface area contributed by atoms with E-state index in [-0.39, 0.29) is 0 Å². The van der Waals surface area contributed by atoms with Crippen molar-refractivity contribution in [1.82, 2.24) is 0 Å². The molecule has 0 saturated heterocycles. The van der Waals surface area contributed by atoms with Gasteiger partial charge in [0, 0.05) is 0 Å². The molecule has 2 aliphatic carbocycles. The number of aliphatic hydroxyl groups is 1. The summed E-state index contributed by atoms with van der Waals surface area (Å²) in [6.45, 7) is 0. The van der Waals surface area contributed by atoms with E-state index < -0.39 is 5.06 Å². The number of hydrogen-bond acceptors (Lipinski definition) is 1. The van der Waals surface area contributed by atoms with Gasteiger partial charge in [-0.2, -0.15) is 0 Å². The van der Waals surface area contributed by atoms with Crippen molar-refractivity contribution in [3.05, 3.63) is 23.3 Å². The van der Waals surface area contributed by atoms with Crippen LogP contribution < -0.4 is 0 Å². The SMILES string of the molecule is OC1(Cl)C=CC(C2CCCCC2)C=C1Cl. The third-order valence-corrected chi connectivity index (χ3v) is 4.25. The maximum atomic E-state index is 9.64. The smallest absolute Gasteiger partial charge is 0.193 e. The Morgan fingerprint density at radius 1 is 1.27 bits per heavy atom. The van der Waals surface area contributed by atoms with Crippen molar-refractivity contribution in [2.24, 2.45) is 11.8 Å². The molecule has 0 bridgehead atoms. The van der Waals surface area contributed by atoms with E-state index in [4.69, 9.17) is 23.2 Å². The third kappa shape index (κ3) is 2.58. The summed E-state index contributed by atoms with van der Waals surface area (Å²) in [5.74, 6) is 1.04. The van der Waals surface area contributed by atoms with E-state index in [0.29, 0.717) is 16.9 Å². The first-order valence-electron chi connectivity index (χ1n) is 5.58. The lowest BCUT2D eigenvalue weighted by atomic mass is 9.78. The molecule has 0 aliphatic heterocycles. The lowest BCUT2D eigenvalue weighted by molar-refractivity contribution is 0.217. The molecule has 0 aromatic heterocycles. The van der Waals surface area contributed by atoms with Crippen LogP contribution in [0.25, 0.3) is 0 Å². The van der Waals surface area contributed by atoms with E-state index in [1.807, 2.05) is 12.2 Å². The van der Waals surface area contributed by atoms with Crippen molar-refractivity contribution in [1.29, 1.82) is 0 Å². The van der Waals surface area contributed by atoms with Crippen LogP contribution in [-0.2, 0) is 0 Å². The molecule has 0 aromatic rings. The molecule has 3 heteroatoms. The zero-order chi connectivity index (χ0) is 10.9. The van der Waals surface area contributed by atoms with Crippen LogP contribution in [0.15, 0.2) is 23.3 Å². The van der Waals surface area contributed by atoms with Crippen LogP contribution in [0, 0.1) is 11.8 Å². The van der Waals surface area contributed by atoms with E-state index in [0.717, 1.165) is 0 Å². The van der Waals surface area contributed by atoms with Gasteiger partial charge in [0.1, 0.15) is 0 Å². The average Bonchev–Trinajstić information content (AvgIpc) is 2.23. The molecule has 1 saturated carbocycles. The topological polar surface area (TPSA) is 20.2 Å². The van der Waals surface area contributed by atoms with Crippen molar-refractivity contribution < 1.29 is 5.11 Å². The molecule has 2 aliphatic rings. The largest absolute Gasteiger partial charge is 0.367 e. The Morgan fingerprint density at radius 3 is 2.53 bits per heavy atom. The minimum atomic E-state index is -1.47. The van der Waals surface area contributed by atoms with Gasteiger partial charge in [-0.25, -0.2) is 0 Å². The van der Waals surface area contributed by atoms with Crippen molar-refractivity contribution in [2.75, 3.05) is 0 Å². The van der Waals surface area contributed by atoms with Crippen LogP contribution in [0.1, 0.15) is 32.1 Å². The predicted molar refractivity (Wildman–Crippen MR) is 63.9 cm³/mol. The Kier molecular flexibility index (Phi) is 3.44.